The molecule has 11 nitrogen and oxygen atoms in total. The molecule has 0 radical (unpaired) electrons. The van der Waals surface area contributed by atoms with Crippen LogP contribution in [0.25, 0.3) is 11.2 Å². The molecule has 0 saturated carbocycles. The van der Waals surface area contributed by atoms with Gasteiger partial charge in [-0.05, 0) is 31.2 Å². The van der Waals surface area contributed by atoms with Crippen LogP contribution < -0.4 is 5.32 Å². The first-order valence-electron chi connectivity index (χ1n) is 11.2. The fourth-order valence-electron chi connectivity index (χ4n) is 4.21. The van der Waals surface area contributed by atoms with Crippen molar-refractivity contribution in [3.8, 4) is 0 Å². The number of benzene rings is 2. The van der Waals surface area contributed by atoms with Crippen LogP contribution in [0.4, 0.5) is 5.82 Å². The maximum Gasteiger partial charge on any atom is 0.338 e. The van der Waals surface area contributed by atoms with Crippen LogP contribution in [0.1, 0.15) is 33.9 Å². The molecule has 4 atom stereocenters. The van der Waals surface area contributed by atoms with Gasteiger partial charge in [0, 0.05) is 5.56 Å². The molecule has 3 N–H and O–H groups in total. The molecule has 184 valence electrons. The second kappa shape index (κ2) is 9.46. The first-order chi connectivity index (χ1) is 17.4. The molecule has 1 aliphatic heterocycles. The van der Waals surface area contributed by atoms with Crippen LogP contribution in [0.3, 0.4) is 0 Å². The number of aromatic nitrogens is 4. The third kappa shape index (κ3) is 4.19. The summed E-state index contributed by atoms with van der Waals surface area (Å²) in [5.74, 6) is -0.856. The van der Waals surface area contributed by atoms with Gasteiger partial charge in [0.25, 0.3) is 5.91 Å². The van der Waals surface area contributed by atoms with Crippen molar-refractivity contribution < 1.29 is 29.3 Å². The normalized spacial score (nSPS) is 23.5. The number of rotatable bonds is 6. The van der Waals surface area contributed by atoms with Crippen LogP contribution in [-0.2, 0) is 9.47 Å². The molecule has 0 aliphatic carbocycles. The number of aliphatic hydroxyl groups is 2. The van der Waals surface area contributed by atoms with E-state index in [2.05, 4.69) is 20.3 Å². The second-order valence-corrected chi connectivity index (χ2v) is 8.49. The Bertz CT molecular complexity index is 1390. The van der Waals surface area contributed by atoms with Crippen molar-refractivity contribution in [1.82, 2.24) is 19.5 Å². The number of ether oxygens (including phenoxy) is 2. The van der Waals surface area contributed by atoms with Gasteiger partial charge in [0.1, 0.15) is 18.0 Å². The van der Waals surface area contributed by atoms with E-state index in [0.717, 1.165) is 0 Å². The highest BCUT2D eigenvalue weighted by Crippen LogP contribution is 2.41. The highest BCUT2D eigenvalue weighted by atomic mass is 16.6. The Balaban J connectivity index is 1.44. The Morgan fingerprint density at radius 3 is 2.39 bits per heavy atom. The molecule has 11 heteroatoms. The molecule has 36 heavy (non-hydrogen) atoms. The molecule has 1 fully saturated rings. The number of esters is 1. The van der Waals surface area contributed by atoms with Gasteiger partial charge in [0.15, 0.2) is 29.3 Å². The predicted octanol–water partition coefficient (Wildman–Crippen LogP) is 1.94. The maximum atomic E-state index is 12.7. The fourth-order valence-corrected chi connectivity index (χ4v) is 4.21. The lowest BCUT2D eigenvalue weighted by atomic mass is 9.96. The molecule has 2 unspecified atom stereocenters. The van der Waals surface area contributed by atoms with Gasteiger partial charge < -0.3 is 25.0 Å². The number of amides is 1. The Morgan fingerprint density at radius 1 is 1.06 bits per heavy atom. The van der Waals surface area contributed by atoms with Crippen LogP contribution in [0.5, 0.6) is 0 Å². The number of fused-ring (bicyclic) bond motifs is 1. The van der Waals surface area contributed by atoms with E-state index >= 15 is 0 Å². The summed E-state index contributed by atoms with van der Waals surface area (Å²) in [6.45, 7) is 0.945. The molecule has 2 aromatic carbocycles. The minimum Gasteiger partial charge on any atom is -0.453 e. The zero-order chi connectivity index (χ0) is 25.3. The second-order valence-electron chi connectivity index (χ2n) is 8.49. The molecular formula is C25H23N5O6. The summed E-state index contributed by atoms with van der Waals surface area (Å²) < 4.78 is 13.0. The molecule has 1 amide bonds. The van der Waals surface area contributed by atoms with Gasteiger partial charge in [-0.2, -0.15) is 0 Å². The molecule has 0 spiro atoms. The van der Waals surface area contributed by atoms with Crippen molar-refractivity contribution in [1.29, 1.82) is 0 Å². The third-order valence-corrected chi connectivity index (χ3v) is 6.02. The van der Waals surface area contributed by atoms with E-state index < -0.39 is 36.6 Å². The van der Waals surface area contributed by atoms with E-state index in [1.807, 2.05) is 0 Å². The number of hydrogen-bond acceptors (Lipinski definition) is 9. The smallest absolute Gasteiger partial charge is 0.338 e. The van der Waals surface area contributed by atoms with E-state index in [4.69, 9.17) is 9.47 Å². The van der Waals surface area contributed by atoms with Gasteiger partial charge in [-0.15, -0.1) is 0 Å². The SMILES string of the molecule is CC1(O)C(OC(=O)c2ccccc2)[C@@H](CO)O[C@H]1n1cnc2c(NC(=O)c3ccccc3)ncnc21. The van der Waals surface area contributed by atoms with E-state index in [9.17, 15) is 19.8 Å². The summed E-state index contributed by atoms with van der Waals surface area (Å²) in [4.78, 5) is 38.0. The van der Waals surface area contributed by atoms with Crippen molar-refractivity contribution in [2.45, 2.75) is 31.0 Å². The van der Waals surface area contributed by atoms with Crippen molar-refractivity contribution in [2.75, 3.05) is 11.9 Å². The van der Waals surface area contributed by atoms with E-state index in [1.165, 1.54) is 24.1 Å². The first kappa shape index (κ1) is 23.5. The summed E-state index contributed by atoms with van der Waals surface area (Å²) in [6, 6.07) is 17.0. The molecular weight excluding hydrogens is 466 g/mol. The molecule has 4 aromatic rings. The van der Waals surface area contributed by atoms with Gasteiger partial charge in [-0.25, -0.2) is 19.7 Å². The first-order valence-corrected chi connectivity index (χ1v) is 11.2. The lowest BCUT2D eigenvalue weighted by Crippen LogP contribution is -2.47. The Morgan fingerprint density at radius 2 is 1.72 bits per heavy atom. The number of nitrogens with one attached hydrogen (secondary N) is 1. The Hall–Kier alpha value is -4.19. The minimum absolute atomic E-state index is 0.177. The largest absolute Gasteiger partial charge is 0.453 e. The lowest BCUT2D eigenvalue weighted by molar-refractivity contribution is -0.0977. The molecule has 1 saturated heterocycles. The van der Waals surface area contributed by atoms with Crippen molar-refractivity contribution >= 4 is 28.9 Å². The zero-order valence-electron chi connectivity index (χ0n) is 19.2. The summed E-state index contributed by atoms with van der Waals surface area (Å²) >= 11 is 0. The standard InChI is InChI=1S/C25H23N5O6/c1-25(34)19(36-23(33)16-10-6-3-7-11-16)17(12-31)35-24(25)30-14-28-18-20(26-13-27-21(18)30)29-22(32)15-8-4-2-5-9-15/h2-11,13-14,17,19,24,31,34H,12H2,1H3,(H,26,27,29,32)/t17-,19?,24-,25?/m1/s1. The number of imidazole rings is 1. The summed E-state index contributed by atoms with van der Waals surface area (Å²) in [7, 11) is 0. The van der Waals surface area contributed by atoms with Gasteiger partial charge in [0.05, 0.1) is 18.5 Å². The third-order valence-electron chi connectivity index (χ3n) is 6.02. The topological polar surface area (TPSA) is 149 Å². The van der Waals surface area contributed by atoms with E-state index in [-0.39, 0.29) is 22.9 Å². The minimum atomic E-state index is -1.76. The van der Waals surface area contributed by atoms with Crippen LogP contribution in [0.15, 0.2) is 73.3 Å². The molecule has 2 aromatic heterocycles. The number of carbonyl (C=O) groups excluding carboxylic acids is 2. The van der Waals surface area contributed by atoms with Crippen molar-refractivity contribution in [3.05, 3.63) is 84.4 Å². The molecule has 0 bridgehead atoms. The average molecular weight is 489 g/mol. The summed E-state index contributed by atoms with van der Waals surface area (Å²) in [5.41, 5.74) is -0.478. The fraction of sp³-hybridized carbons (Fsp3) is 0.240. The maximum absolute atomic E-state index is 12.7. The molecule has 3 heterocycles. The highest BCUT2D eigenvalue weighted by molar-refractivity contribution is 6.06. The zero-order valence-corrected chi connectivity index (χ0v) is 19.2. The monoisotopic (exact) mass is 489 g/mol. The number of aliphatic hydroxyl groups excluding tert-OH is 1. The van der Waals surface area contributed by atoms with E-state index in [1.54, 1.807) is 60.7 Å². The van der Waals surface area contributed by atoms with Crippen LogP contribution in [-0.4, -0.2) is 66.0 Å². The van der Waals surface area contributed by atoms with Crippen molar-refractivity contribution in [2.24, 2.45) is 0 Å². The van der Waals surface area contributed by atoms with Gasteiger partial charge in [-0.3, -0.25) is 9.36 Å². The molecule has 1 aliphatic rings. The van der Waals surface area contributed by atoms with Crippen LogP contribution in [0, 0.1) is 0 Å². The predicted molar refractivity (Wildman–Crippen MR) is 127 cm³/mol. The Labute approximate surface area is 205 Å². The van der Waals surface area contributed by atoms with Gasteiger partial charge in [0.2, 0.25) is 0 Å². The summed E-state index contributed by atoms with van der Waals surface area (Å²) in [6.07, 6.45) is -0.667. The van der Waals surface area contributed by atoms with Crippen LogP contribution >= 0.6 is 0 Å². The van der Waals surface area contributed by atoms with Crippen molar-refractivity contribution in [3.63, 3.8) is 0 Å². The number of hydrogen-bond donors (Lipinski definition) is 3. The number of anilines is 1. The Kier molecular flexibility index (Phi) is 6.18. The number of nitrogens with zero attached hydrogens (tertiary/aromatic N) is 4. The van der Waals surface area contributed by atoms with Gasteiger partial charge in [-0.1, -0.05) is 36.4 Å². The van der Waals surface area contributed by atoms with E-state index in [0.29, 0.717) is 11.1 Å². The van der Waals surface area contributed by atoms with Crippen LogP contribution in [0.2, 0.25) is 0 Å². The molecule has 5 rings (SSSR count). The average Bonchev–Trinajstić information content (AvgIpc) is 3.43. The van der Waals surface area contributed by atoms with Gasteiger partial charge >= 0.3 is 5.97 Å². The lowest BCUT2D eigenvalue weighted by Gasteiger charge is -2.29. The highest BCUT2D eigenvalue weighted by Gasteiger charge is 2.56. The quantitative estimate of drug-likeness (QED) is 0.346. The summed E-state index contributed by atoms with van der Waals surface area (Å²) in [5, 5.41) is 24.1. The number of carbonyl (C=O) groups is 2.